The number of carbonyl (C=O) groups is 1. The van der Waals surface area contributed by atoms with Crippen LogP contribution in [0.25, 0.3) is 0 Å². The number of halogens is 1. The van der Waals surface area contributed by atoms with Crippen LogP contribution in [0.2, 0.25) is 5.02 Å². The van der Waals surface area contributed by atoms with Crippen molar-refractivity contribution in [2.75, 3.05) is 6.79 Å². The molecule has 0 aliphatic carbocycles. The zero-order valence-corrected chi connectivity index (χ0v) is 16.3. The van der Waals surface area contributed by atoms with Gasteiger partial charge in [0, 0.05) is 16.4 Å². The molecule has 3 heterocycles. The fraction of sp³-hybridized carbons (Fsp3) is 0.190. The Kier molecular flexibility index (Phi) is 4.37. The minimum Gasteiger partial charge on any atom is -0.478 e. The summed E-state index contributed by atoms with van der Waals surface area (Å²) in [6, 6.07) is 16.7. The number of fused-ring (bicyclic) bond motifs is 1. The van der Waals surface area contributed by atoms with Crippen LogP contribution in [0.4, 0.5) is 0 Å². The molecule has 1 amide bonds. The van der Waals surface area contributed by atoms with Gasteiger partial charge in [-0.05, 0) is 53.4 Å². The Balaban J connectivity index is 1.38. The Hall–Kier alpha value is -2.70. The number of hydrogen-bond donors (Lipinski definition) is 0. The number of β-lactam (4-membered cyclic amide) rings is 1. The van der Waals surface area contributed by atoms with Gasteiger partial charge in [-0.15, -0.1) is 11.3 Å². The zero-order chi connectivity index (χ0) is 19.1. The average Bonchev–Trinajstić information content (AvgIpc) is 3.39. The lowest BCUT2D eigenvalue weighted by atomic mass is 9.95. The van der Waals surface area contributed by atoms with Crippen LogP contribution in [0.3, 0.4) is 0 Å². The second-order valence-electron chi connectivity index (χ2n) is 6.61. The van der Waals surface area contributed by atoms with Crippen LogP contribution >= 0.6 is 22.9 Å². The number of rotatable bonds is 5. The number of nitrogens with zero attached hydrogens (tertiary/aromatic N) is 1. The van der Waals surface area contributed by atoms with E-state index in [-0.39, 0.29) is 18.7 Å². The summed E-state index contributed by atoms with van der Waals surface area (Å²) in [4.78, 5) is 15.8. The van der Waals surface area contributed by atoms with Crippen LogP contribution in [0.15, 0.2) is 60.0 Å². The van der Waals surface area contributed by atoms with Crippen LogP contribution in [-0.2, 0) is 11.3 Å². The second kappa shape index (κ2) is 7.04. The standard InChI is InChI=1S/C21H16ClNO4S/c22-14-4-6-15(7-5-14)27-20-19(18-2-1-9-28-18)23(21(20)24)11-13-3-8-16-17(10-13)26-12-25-16/h1-10,19-20H,11-12H2. The number of carbonyl (C=O) groups excluding carboxylic acids is 1. The summed E-state index contributed by atoms with van der Waals surface area (Å²) in [6.07, 6.45) is -0.547. The van der Waals surface area contributed by atoms with Crippen molar-refractivity contribution in [1.82, 2.24) is 4.90 Å². The van der Waals surface area contributed by atoms with E-state index in [0.717, 1.165) is 16.2 Å². The summed E-state index contributed by atoms with van der Waals surface area (Å²) in [5.74, 6) is 2.04. The van der Waals surface area contributed by atoms with Crippen molar-refractivity contribution in [1.29, 1.82) is 0 Å². The first-order valence-corrected chi connectivity index (χ1v) is 10.1. The van der Waals surface area contributed by atoms with E-state index < -0.39 is 6.10 Å². The van der Waals surface area contributed by atoms with Gasteiger partial charge in [0.05, 0.1) is 0 Å². The molecular weight excluding hydrogens is 398 g/mol. The lowest BCUT2D eigenvalue weighted by molar-refractivity contribution is -0.165. The highest BCUT2D eigenvalue weighted by Crippen LogP contribution is 2.41. The molecule has 2 aliphatic rings. The predicted octanol–water partition coefficient (Wildman–Crippen LogP) is 4.66. The summed E-state index contributed by atoms with van der Waals surface area (Å²) in [7, 11) is 0. The summed E-state index contributed by atoms with van der Waals surface area (Å²) < 4.78 is 16.8. The fourth-order valence-corrected chi connectivity index (χ4v) is 4.45. The van der Waals surface area contributed by atoms with Crippen molar-refractivity contribution in [3.05, 3.63) is 75.4 Å². The molecule has 142 valence electrons. The maximum Gasteiger partial charge on any atom is 0.267 e. The van der Waals surface area contributed by atoms with E-state index in [9.17, 15) is 4.79 Å². The average molecular weight is 414 g/mol. The smallest absolute Gasteiger partial charge is 0.267 e. The third kappa shape index (κ3) is 3.08. The number of hydrogen-bond acceptors (Lipinski definition) is 5. The van der Waals surface area contributed by atoms with Crippen molar-refractivity contribution < 1.29 is 19.0 Å². The van der Waals surface area contributed by atoms with E-state index in [1.54, 1.807) is 35.6 Å². The van der Waals surface area contributed by atoms with Gasteiger partial charge in [-0.2, -0.15) is 0 Å². The van der Waals surface area contributed by atoms with Crippen LogP contribution in [-0.4, -0.2) is 23.7 Å². The molecule has 0 N–H and O–H groups in total. The first-order chi connectivity index (χ1) is 13.7. The van der Waals surface area contributed by atoms with E-state index in [2.05, 4.69) is 0 Å². The normalized spacial score (nSPS) is 20.2. The summed E-state index contributed by atoms with van der Waals surface area (Å²) in [6.45, 7) is 0.717. The van der Waals surface area contributed by atoms with Gasteiger partial charge in [0.15, 0.2) is 11.5 Å². The van der Waals surface area contributed by atoms with Crippen molar-refractivity contribution in [3.8, 4) is 17.2 Å². The van der Waals surface area contributed by atoms with E-state index in [0.29, 0.717) is 23.1 Å². The van der Waals surface area contributed by atoms with E-state index in [4.69, 9.17) is 25.8 Å². The summed E-state index contributed by atoms with van der Waals surface area (Å²) in [5.41, 5.74) is 0.990. The number of amides is 1. The molecule has 5 nitrogen and oxygen atoms in total. The van der Waals surface area contributed by atoms with Gasteiger partial charge in [-0.1, -0.05) is 23.7 Å². The minimum atomic E-state index is -0.547. The van der Waals surface area contributed by atoms with E-state index >= 15 is 0 Å². The van der Waals surface area contributed by atoms with Crippen LogP contribution in [0.5, 0.6) is 17.2 Å². The Labute approximate surface area is 171 Å². The van der Waals surface area contributed by atoms with Gasteiger partial charge in [0.1, 0.15) is 11.8 Å². The first kappa shape index (κ1) is 17.4. The molecule has 2 aromatic carbocycles. The molecule has 0 bridgehead atoms. The third-order valence-electron chi connectivity index (χ3n) is 4.85. The highest BCUT2D eigenvalue weighted by molar-refractivity contribution is 7.10. The molecule has 1 fully saturated rings. The summed E-state index contributed by atoms with van der Waals surface area (Å²) >= 11 is 7.56. The lowest BCUT2D eigenvalue weighted by Crippen LogP contribution is -2.60. The quantitative estimate of drug-likeness (QED) is 0.571. The SMILES string of the molecule is O=C1C(Oc2ccc(Cl)cc2)C(c2cccs2)N1Cc1ccc2c(c1)OCO2. The van der Waals surface area contributed by atoms with Crippen molar-refractivity contribution in [3.63, 3.8) is 0 Å². The molecule has 1 aromatic heterocycles. The van der Waals surface area contributed by atoms with Crippen molar-refractivity contribution in [2.24, 2.45) is 0 Å². The molecule has 2 unspecified atom stereocenters. The van der Waals surface area contributed by atoms with Gasteiger partial charge in [-0.25, -0.2) is 0 Å². The number of thiophene rings is 1. The maximum atomic E-state index is 12.9. The van der Waals surface area contributed by atoms with Gasteiger partial charge in [-0.3, -0.25) is 4.79 Å². The molecule has 0 saturated carbocycles. The highest BCUT2D eigenvalue weighted by Gasteiger charge is 2.50. The Morgan fingerprint density at radius 2 is 1.93 bits per heavy atom. The van der Waals surface area contributed by atoms with Crippen LogP contribution in [0.1, 0.15) is 16.5 Å². The van der Waals surface area contributed by atoms with Crippen molar-refractivity contribution in [2.45, 2.75) is 18.7 Å². The molecule has 5 rings (SSSR count). The van der Waals surface area contributed by atoms with Crippen molar-refractivity contribution >= 4 is 28.8 Å². The van der Waals surface area contributed by atoms with Gasteiger partial charge in [0.25, 0.3) is 5.91 Å². The number of likely N-dealkylation sites (tertiary alicyclic amines) is 1. The number of ether oxygens (including phenoxy) is 3. The molecule has 7 heteroatoms. The van der Waals surface area contributed by atoms with Gasteiger partial charge < -0.3 is 19.1 Å². The highest BCUT2D eigenvalue weighted by atomic mass is 35.5. The molecule has 1 saturated heterocycles. The predicted molar refractivity (Wildman–Crippen MR) is 106 cm³/mol. The minimum absolute atomic E-state index is 0.0361. The molecule has 2 atom stereocenters. The summed E-state index contributed by atoms with van der Waals surface area (Å²) in [5, 5.41) is 2.64. The lowest BCUT2D eigenvalue weighted by Gasteiger charge is -2.46. The van der Waals surface area contributed by atoms with Crippen LogP contribution < -0.4 is 14.2 Å². The molecule has 28 heavy (non-hydrogen) atoms. The molecule has 2 aliphatic heterocycles. The number of benzene rings is 2. The largest absolute Gasteiger partial charge is 0.478 e. The van der Waals surface area contributed by atoms with E-state index in [1.165, 1.54) is 0 Å². The Bertz CT molecular complexity index is 1010. The molecule has 3 aromatic rings. The van der Waals surface area contributed by atoms with E-state index in [1.807, 2.05) is 40.6 Å². The Morgan fingerprint density at radius 1 is 1.11 bits per heavy atom. The topological polar surface area (TPSA) is 48.0 Å². The Morgan fingerprint density at radius 3 is 2.71 bits per heavy atom. The maximum absolute atomic E-state index is 12.9. The fourth-order valence-electron chi connectivity index (χ4n) is 3.47. The monoisotopic (exact) mass is 413 g/mol. The zero-order valence-electron chi connectivity index (χ0n) is 14.7. The van der Waals surface area contributed by atoms with Crippen LogP contribution in [0, 0.1) is 0 Å². The molecule has 0 spiro atoms. The van der Waals surface area contributed by atoms with Gasteiger partial charge in [0.2, 0.25) is 12.9 Å². The third-order valence-corrected chi connectivity index (χ3v) is 6.05. The molecular formula is C21H16ClNO4S. The molecule has 0 radical (unpaired) electrons. The second-order valence-corrected chi connectivity index (χ2v) is 8.02. The first-order valence-electron chi connectivity index (χ1n) is 8.84. The van der Waals surface area contributed by atoms with Gasteiger partial charge >= 0.3 is 0 Å².